The number of hydrogen-bond donors (Lipinski definition) is 1. The Kier molecular flexibility index (Phi) is 2.00. The van der Waals surface area contributed by atoms with E-state index in [1.54, 1.807) is 6.92 Å². The van der Waals surface area contributed by atoms with Crippen molar-refractivity contribution >= 4 is 23.3 Å². The van der Waals surface area contributed by atoms with Gasteiger partial charge in [-0.2, -0.15) is 0 Å². The molecule has 13 heavy (non-hydrogen) atoms. The van der Waals surface area contributed by atoms with Gasteiger partial charge in [0.15, 0.2) is 5.78 Å². The first-order chi connectivity index (χ1) is 6.20. The molecule has 0 saturated carbocycles. The third-order valence-electron chi connectivity index (χ3n) is 2.04. The van der Waals surface area contributed by atoms with E-state index >= 15 is 0 Å². The number of allylic oxidation sites excluding steroid dienone is 3. The molecule has 0 spiro atoms. The lowest BCUT2D eigenvalue weighted by Gasteiger charge is -2.22. The van der Waals surface area contributed by atoms with Crippen LogP contribution in [0.3, 0.4) is 0 Å². The number of Topliss-reactive ketones (excluding diaryl/α,β-unsaturated/α-hetero) is 1. The Hall–Kier alpha value is -1.03. The minimum absolute atomic E-state index is 0.00759. The van der Waals surface area contributed by atoms with Crippen molar-refractivity contribution in [2.45, 2.75) is 6.92 Å². The van der Waals surface area contributed by atoms with Gasteiger partial charge in [0, 0.05) is 17.9 Å². The van der Waals surface area contributed by atoms with E-state index in [9.17, 15) is 9.59 Å². The zero-order chi connectivity index (χ0) is 9.42. The van der Waals surface area contributed by atoms with E-state index in [2.05, 4.69) is 5.32 Å². The molecule has 2 aliphatic rings. The Bertz CT molecular complexity index is 355. The van der Waals surface area contributed by atoms with Crippen LogP contribution in [0.5, 0.6) is 0 Å². The maximum absolute atomic E-state index is 11.6. The van der Waals surface area contributed by atoms with E-state index in [1.807, 2.05) is 0 Å². The molecule has 0 amide bonds. The molecule has 0 aromatic carbocycles. The van der Waals surface area contributed by atoms with E-state index in [-0.39, 0.29) is 11.6 Å². The fourth-order valence-corrected chi connectivity index (χ4v) is 2.39. The molecule has 0 saturated heterocycles. The maximum atomic E-state index is 11.6. The summed E-state index contributed by atoms with van der Waals surface area (Å²) in [7, 11) is 0. The van der Waals surface area contributed by atoms with Crippen LogP contribution in [0.4, 0.5) is 0 Å². The first kappa shape index (κ1) is 8.56. The van der Waals surface area contributed by atoms with Crippen LogP contribution < -0.4 is 5.32 Å². The van der Waals surface area contributed by atoms with Gasteiger partial charge in [0.25, 0.3) is 0 Å². The fraction of sp³-hybridized carbons (Fsp3) is 0.333. The Morgan fingerprint density at radius 1 is 1.46 bits per heavy atom. The largest absolute Gasteiger partial charge is 0.380 e. The highest BCUT2D eigenvalue weighted by Gasteiger charge is 2.28. The van der Waals surface area contributed by atoms with Gasteiger partial charge in [-0.3, -0.25) is 9.59 Å². The van der Waals surface area contributed by atoms with Crippen LogP contribution in [0, 0.1) is 0 Å². The third kappa shape index (κ3) is 1.31. The predicted octanol–water partition coefficient (Wildman–Crippen LogP) is 0.632. The Balaban J connectivity index is 2.45. The molecule has 4 heteroatoms. The lowest BCUT2D eigenvalue weighted by Crippen LogP contribution is -2.32. The maximum Gasteiger partial charge on any atom is 0.203 e. The lowest BCUT2D eigenvalue weighted by atomic mass is 10.0. The molecule has 0 atom stereocenters. The summed E-state index contributed by atoms with van der Waals surface area (Å²) in [6.07, 6.45) is 1.40. The molecule has 0 radical (unpaired) electrons. The summed E-state index contributed by atoms with van der Waals surface area (Å²) in [6.45, 7) is 2.44. The predicted molar refractivity (Wildman–Crippen MR) is 51.3 cm³/mol. The molecule has 68 valence electrons. The Morgan fingerprint density at radius 3 is 3.00 bits per heavy atom. The standard InChI is InChI=1S/C9H9NO2S/c1-5-4-6(11)7-9(8(5)12)13-3-2-10-7/h4,10H,2-3H2,1H3. The number of thioether (sulfide) groups is 1. The highest BCUT2D eigenvalue weighted by Crippen LogP contribution is 2.29. The van der Waals surface area contributed by atoms with Gasteiger partial charge in [-0.25, -0.2) is 0 Å². The molecule has 0 aromatic rings. The number of nitrogens with one attached hydrogen (secondary N) is 1. The summed E-state index contributed by atoms with van der Waals surface area (Å²) in [5, 5.41) is 2.97. The normalized spacial score (nSPS) is 22.4. The van der Waals surface area contributed by atoms with Crippen molar-refractivity contribution < 1.29 is 9.59 Å². The van der Waals surface area contributed by atoms with E-state index in [0.717, 1.165) is 12.3 Å². The van der Waals surface area contributed by atoms with Crippen LogP contribution in [0.25, 0.3) is 0 Å². The molecule has 1 aliphatic heterocycles. The molecular weight excluding hydrogens is 186 g/mol. The van der Waals surface area contributed by atoms with Gasteiger partial charge in [-0.15, -0.1) is 11.8 Å². The summed E-state index contributed by atoms with van der Waals surface area (Å²) >= 11 is 1.47. The van der Waals surface area contributed by atoms with Gasteiger partial charge >= 0.3 is 0 Å². The Morgan fingerprint density at radius 2 is 2.23 bits per heavy atom. The van der Waals surface area contributed by atoms with Crippen LogP contribution in [-0.2, 0) is 9.59 Å². The molecule has 1 heterocycles. The van der Waals surface area contributed by atoms with Crippen molar-refractivity contribution in [3.8, 4) is 0 Å². The van der Waals surface area contributed by atoms with E-state index in [0.29, 0.717) is 16.2 Å². The second-order valence-corrected chi connectivity index (χ2v) is 4.11. The summed E-state index contributed by atoms with van der Waals surface area (Å²) < 4.78 is 0. The SMILES string of the molecule is CC1=CC(=O)C2=C(SCCN2)C1=O. The molecule has 3 nitrogen and oxygen atoms in total. The second kappa shape index (κ2) is 3.03. The minimum Gasteiger partial charge on any atom is -0.380 e. The third-order valence-corrected chi connectivity index (χ3v) is 3.12. The minimum atomic E-state index is -0.0701. The molecule has 1 N–H and O–H groups in total. The molecule has 2 rings (SSSR count). The van der Waals surface area contributed by atoms with Gasteiger partial charge in [0.1, 0.15) is 0 Å². The summed E-state index contributed by atoms with van der Waals surface area (Å²) in [6, 6.07) is 0. The van der Waals surface area contributed by atoms with Gasteiger partial charge < -0.3 is 5.32 Å². The quantitative estimate of drug-likeness (QED) is 0.576. The molecular formula is C9H9NO2S. The highest BCUT2D eigenvalue weighted by atomic mass is 32.2. The zero-order valence-corrected chi connectivity index (χ0v) is 8.03. The fourth-order valence-electron chi connectivity index (χ4n) is 1.37. The summed E-state index contributed by atoms with van der Waals surface area (Å²) in [4.78, 5) is 23.6. The number of hydrogen-bond acceptors (Lipinski definition) is 4. The van der Waals surface area contributed by atoms with Crippen LogP contribution in [0.2, 0.25) is 0 Å². The average Bonchev–Trinajstić information content (AvgIpc) is 2.15. The molecule has 0 unspecified atom stereocenters. The molecule has 0 bridgehead atoms. The molecule has 1 aliphatic carbocycles. The molecule has 0 aromatic heterocycles. The average molecular weight is 195 g/mol. The highest BCUT2D eigenvalue weighted by molar-refractivity contribution is 8.04. The lowest BCUT2D eigenvalue weighted by molar-refractivity contribution is -0.115. The van der Waals surface area contributed by atoms with Crippen molar-refractivity contribution in [2.75, 3.05) is 12.3 Å². The van der Waals surface area contributed by atoms with Gasteiger partial charge in [-0.1, -0.05) is 0 Å². The molecule has 0 fully saturated rings. The number of rotatable bonds is 0. The van der Waals surface area contributed by atoms with Crippen molar-refractivity contribution in [2.24, 2.45) is 0 Å². The van der Waals surface area contributed by atoms with Crippen LogP contribution in [0.1, 0.15) is 6.92 Å². The van der Waals surface area contributed by atoms with Crippen LogP contribution in [-0.4, -0.2) is 23.9 Å². The van der Waals surface area contributed by atoms with Crippen molar-refractivity contribution in [3.05, 3.63) is 22.3 Å². The van der Waals surface area contributed by atoms with Crippen molar-refractivity contribution in [3.63, 3.8) is 0 Å². The van der Waals surface area contributed by atoms with Crippen molar-refractivity contribution in [1.29, 1.82) is 0 Å². The van der Waals surface area contributed by atoms with Gasteiger partial charge in [0.2, 0.25) is 5.78 Å². The van der Waals surface area contributed by atoms with Gasteiger partial charge in [0.05, 0.1) is 10.6 Å². The van der Waals surface area contributed by atoms with E-state index < -0.39 is 0 Å². The van der Waals surface area contributed by atoms with Crippen molar-refractivity contribution in [1.82, 2.24) is 5.32 Å². The van der Waals surface area contributed by atoms with E-state index in [1.165, 1.54) is 17.8 Å². The summed E-state index contributed by atoms with van der Waals surface area (Å²) in [5.41, 5.74) is 1.03. The van der Waals surface area contributed by atoms with E-state index in [4.69, 9.17) is 0 Å². The topological polar surface area (TPSA) is 46.2 Å². The monoisotopic (exact) mass is 195 g/mol. The number of ketones is 2. The first-order valence-corrected chi connectivity index (χ1v) is 5.07. The first-order valence-electron chi connectivity index (χ1n) is 4.08. The van der Waals surface area contributed by atoms with Gasteiger partial charge in [-0.05, 0) is 13.0 Å². The number of carbonyl (C=O) groups is 2. The van der Waals surface area contributed by atoms with Crippen LogP contribution >= 0.6 is 11.8 Å². The number of carbonyl (C=O) groups excluding carboxylic acids is 2. The smallest absolute Gasteiger partial charge is 0.203 e. The Labute approximate surface area is 80.3 Å². The second-order valence-electron chi connectivity index (χ2n) is 3.00. The summed E-state index contributed by atoms with van der Waals surface area (Å²) in [5.74, 6) is 0.775. The zero-order valence-electron chi connectivity index (χ0n) is 7.22. The van der Waals surface area contributed by atoms with Crippen LogP contribution in [0.15, 0.2) is 22.3 Å².